The predicted octanol–water partition coefficient (Wildman–Crippen LogP) is 1.44. The number of piperidine rings is 1. The van der Waals surface area contributed by atoms with Crippen molar-refractivity contribution in [1.29, 1.82) is 0 Å². The molecule has 1 saturated heterocycles. The first kappa shape index (κ1) is 17.6. The fraction of sp³-hybridized carbons (Fsp3) is 0.588. The maximum atomic E-state index is 11.7. The van der Waals surface area contributed by atoms with Gasteiger partial charge in [-0.05, 0) is 38.3 Å². The molecule has 0 spiro atoms. The fourth-order valence-electron chi connectivity index (χ4n) is 2.79. The molecule has 6 nitrogen and oxygen atoms in total. The summed E-state index contributed by atoms with van der Waals surface area (Å²) in [5.41, 5.74) is 13.5. The lowest BCUT2D eigenvalue weighted by Crippen LogP contribution is -2.37. The smallest absolute Gasteiger partial charge is 0.407 e. The Bertz CT molecular complexity index is 499. The number of alkyl carbamates (subject to hydrolysis) is 1. The number of amides is 1. The second-order valence-electron chi connectivity index (χ2n) is 6.23. The largest absolute Gasteiger partial charge is 0.445 e. The Morgan fingerprint density at radius 2 is 2.09 bits per heavy atom. The van der Waals surface area contributed by atoms with E-state index < -0.39 is 6.09 Å². The van der Waals surface area contributed by atoms with Crippen LogP contribution in [-0.2, 0) is 11.3 Å². The first-order valence-corrected chi connectivity index (χ1v) is 8.29. The number of anilines is 1. The molecule has 1 aliphatic heterocycles. The molecule has 1 amide bonds. The van der Waals surface area contributed by atoms with Gasteiger partial charge < -0.3 is 26.4 Å². The van der Waals surface area contributed by atoms with E-state index in [0.717, 1.165) is 43.7 Å². The van der Waals surface area contributed by atoms with E-state index in [1.54, 1.807) is 0 Å². The van der Waals surface area contributed by atoms with Gasteiger partial charge in [-0.3, -0.25) is 0 Å². The summed E-state index contributed by atoms with van der Waals surface area (Å²) in [6.07, 6.45) is 1.79. The molecular formula is C17H28N4O2. The summed E-state index contributed by atoms with van der Waals surface area (Å²) >= 11 is 0. The van der Waals surface area contributed by atoms with Gasteiger partial charge in [-0.15, -0.1) is 0 Å². The first-order chi connectivity index (χ1) is 11.1. The topological polar surface area (TPSA) is 93.6 Å². The highest BCUT2D eigenvalue weighted by Gasteiger charge is 2.20. The maximum absolute atomic E-state index is 11.7. The Labute approximate surface area is 138 Å². The highest BCUT2D eigenvalue weighted by Crippen LogP contribution is 2.26. The summed E-state index contributed by atoms with van der Waals surface area (Å²) in [5.74, 6) is 0.624. The molecule has 1 heterocycles. The third-order valence-corrected chi connectivity index (χ3v) is 4.21. The van der Waals surface area contributed by atoms with E-state index in [-0.39, 0.29) is 12.6 Å². The SMILES string of the molecule is C[C@H](N)CNC(=O)OCc1ccccc1N1CCC(CN)CC1. The Balaban J connectivity index is 1.91. The summed E-state index contributed by atoms with van der Waals surface area (Å²) in [4.78, 5) is 14.0. The standard InChI is InChI=1S/C17H28N4O2/c1-13(19)11-20-17(22)23-12-15-4-2-3-5-16(15)21-8-6-14(10-18)7-9-21/h2-5,13-14H,6-12,18-19H2,1H3,(H,20,22)/t13-/m0/s1. The van der Waals surface area contributed by atoms with Crippen molar-refractivity contribution in [2.24, 2.45) is 17.4 Å². The second-order valence-corrected chi connectivity index (χ2v) is 6.23. The number of ether oxygens (including phenoxy) is 1. The van der Waals surface area contributed by atoms with Crippen LogP contribution in [0.3, 0.4) is 0 Å². The summed E-state index contributed by atoms with van der Waals surface area (Å²) in [6, 6.07) is 7.99. The van der Waals surface area contributed by atoms with Crippen molar-refractivity contribution >= 4 is 11.8 Å². The Morgan fingerprint density at radius 3 is 2.74 bits per heavy atom. The van der Waals surface area contributed by atoms with Gasteiger partial charge in [0.05, 0.1) is 0 Å². The lowest BCUT2D eigenvalue weighted by molar-refractivity contribution is 0.139. The monoisotopic (exact) mass is 320 g/mol. The van der Waals surface area contributed by atoms with Crippen LogP contribution in [0.5, 0.6) is 0 Å². The summed E-state index contributed by atoms with van der Waals surface area (Å²) in [5, 5.41) is 2.65. The van der Waals surface area contributed by atoms with Crippen LogP contribution in [0.25, 0.3) is 0 Å². The zero-order chi connectivity index (χ0) is 16.7. The van der Waals surface area contributed by atoms with Gasteiger partial charge in [0, 0.05) is 36.9 Å². The molecule has 1 aromatic rings. The number of nitrogens with one attached hydrogen (secondary N) is 1. The molecule has 1 atom stereocenters. The van der Waals surface area contributed by atoms with Gasteiger partial charge in [0.2, 0.25) is 0 Å². The average Bonchev–Trinajstić information content (AvgIpc) is 2.58. The molecule has 5 N–H and O–H groups in total. The molecule has 23 heavy (non-hydrogen) atoms. The Hall–Kier alpha value is -1.79. The van der Waals surface area contributed by atoms with Crippen LogP contribution >= 0.6 is 0 Å². The van der Waals surface area contributed by atoms with Crippen molar-refractivity contribution in [3.8, 4) is 0 Å². The number of para-hydroxylation sites is 1. The van der Waals surface area contributed by atoms with Gasteiger partial charge in [-0.1, -0.05) is 18.2 Å². The molecular weight excluding hydrogens is 292 g/mol. The molecule has 0 radical (unpaired) electrons. The van der Waals surface area contributed by atoms with Crippen molar-refractivity contribution < 1.29 is 9.53 Å². The molecule has 1 aromatic carbocycles. The summed E-state index contributed by atoms with van der Waals surface area (Å²) in [6.45, 7) is 5.26. The van der Waals surface area contributed by atoms with Gasteiger partial charge in [0.25, 0.3) is 0 Å². The van der Waals surface area contributed by atoms with Crippen molar-refractivity contribution in [2.45, 2.75) is 32.4 Å². The number of carbonyl (C=O) groups is 1. The molecule has 0 saturated carbocycles. The molecule has 1 aliphatic rings. The number of benzene rings is 1. The Morgan fingerprint density at radius 1 is 1.39 bits per heavy atom. The van der Waals surface area contributed by atoms with E-state index in [2.05, 4.69) is 16.3 Å². The van der Waals surface area contributed by atoms with Gasteiger partial charge in [-0.2, -0.15) is 0 Å². The number of carbonyl (C=O) groups excluding carboxylic acids is 1. The second kappa shape index (κ2) is 8.74. The minimum absolute atomic E-state index is 0.0846. The highest BCUT2D eigenvalue weighted by atomic mass is 16.5. The van der Waals surface area contributed by atoms with E-state index in [0.29, 0.717) is 12.5 Å². The maximum Gasteiger partial charge on any atom is 0.407 e. The zero-order valence-electron chi connectivity index (χ0n) is 13.8. The fourth-order valence-corrected chi connectivity index (χ4v) is 2.79. The van der Waals surface area contributed by atoms with Crippen molar-refractivity contribution in [2.75, 3.05) is 31.1 Å². The minimum atomic E-state index is -0.432. The number of rotatable bonds is 6. The molecule has 0 aromatic heterocycles. The number of hydrogen-bond acceptors (Lipinski definition) is 5. The Kier molecular flexibility index (Phi) is 6.67. The van der Waals surface area contributed by atoms with Crippen LogP contribution < -0.4 is 21.7 Å². The average molecular weight is 320 g/mol. The third-order valence-electron chi connectivity index (χ3n) is 4.21. The van der Waals surface area contributed by atoms with Crippen molar-refractivity contribution in [3.63, 3.8) is 0 Å². The van der Waals surface area contributed by atoms with Crippen molar-refractivity contribution in [3.05, 3.63) is 29.8 Å². The van der Waals surface area contributed by atoms with E-state index in [1.165, 1.54) is 0 Å². The van der Waals surface area contributed by atoms with Gasteiger partial charge in [0.1, 0.15) is 6.61 Å². The molecule has 128 valence electrons. The molecule has 2 rings (SSSR count). The highest BCUT2D eigenvalue weighted by molar-refractivity contribution is 5.67. The summed E-state index contributed by atoms with van der Waals surface area (Å²) in [7, 11) is 0. The third kappa shape index (κ3) is 5.41. The molecule has 0 bridgehead atoms. The van der Waals surface area contributed by atoms with E-state index >= 15 is 0 Å². The van der Waals surface area contributed by atoms with Crippen LogP contribution in [0.4, 0.5) is 10.5 Å². The first-order valence-electron chi connectivity index (χ1n) is 8.29. The van der Waals surface area contributed by atoms with Crippen LogP contribution in [0, 0.1) is 5.92 Å². The van der Waals surface area contributed by atoms with Crippen LogP contribution in [-0.4, -0.2) is 38.3 Å². The zero-order valence-corrected chi connectivity index (χ0v) is 13.8. The predicted molar refractivity (Wildman–Crippen MR) is 92.3 cm³/mol. The lowest BCUT2D eigenvalue weighted by Gasteiger charge is -2.34. The molecule has 0 unspecified atom stereocenters. The van der Waals surface area contributed by atoms with E-state index in [9.17, 15) is 4.79 Å². The van der Waals surface area contributed by atoms with Crippen LogP contribution in [0.15, 0.2) is 24.3 Å². The number of nitrogens with zero attached hydrogens (tertiary/aromatic N) is 1. The minimum Gasteiger partial charge on any atom is -0.445 e. The van der Waals surface area contributed by atoms with Gasteiger partial charge in [0.15, 0.2) is 0 Å². The molecule has 6 heteroatoms. The van der Waals surface area contributed by atoms with Gasteiger partial charge in [-0.25, -0.2) is 4.79 Å². The number of nitrogens with two attached hydrogens (primary N) is 2. The number of hydrogen-bond donors (Lipinski definition) is 3. The van der Waals surface area contributed by atoms with Crippen molar-refractivity contribution in [1.82, 2.24) is 5.32 Å². The van der Waals surface area contributed by atoms with E-state index in [1.807, 2.05) is 25.1 Å². The molecule has 0 aliphatic carbocycles. The normalized spacial score (nSPS) is 16.9. The lowest BCUT2D eigenvalue weighted by atomic mass is 9.96. The quantitative estimate of drug-likeness (QED) is 0.737. The van der Waals surface area contributed by atoms with Gasteiger partial charge >= 0.3 is 6.09 Å². The molecule has 1 fully saturated rings. The van der Waals surface area contributed by atoms with Crippen LogP contribution in [0.2, 0.25) is 0 Å². The summed E-state index contributed by atoms with van der Waals surface area (Å²) < 4.78 is 5.30. The van der Waals surface area contributed by atoms with Crippen LogP contribution in [0.1, 0.15) is 25.3 Å². The van der Waals surface area contributed by atoms with E-state index in [4.69, 9.17) is 16.2 Å².